The lowest BCUT2D eigenvalue weighted by Crippen LogP contribution is -2.54. The zero-order valence-corrected chi connectivity index (χ0v) is 29.8. The Bertz CT molecular complexity index is 2200. The maximum Gasteiger partial charge on any atom is 0.266 e. The van der Waals surface area contributed by atoms with Crippen LogP contribution < -0.4 is 20.1 Å². The fraction of sp³-hybridized carbons (Fsp3) is 0.359. The molecule has 2 aromatic carbocycles. The number of nitrogens with zero attached hydrogens (tertiary/aromatic N) is 7. The van der Waals surface area contributed by atoms with E-state index in [1.165, 1.54) is 0 Å². The van der Waals surface area contributed by atoms with E-state index in [2.05, 4.69) is 25.6 Å². The van der Waals surface area contributed by atoms with Crippen molar-refractivity contribution in [2.24, 2.45) is 0 Å². The third kappa shape index (κ3) is 7.39. The molecule has 1 unspecified atom stereocenters. The Morgan fingerprint density at radius 1 is 0.870 bits per heavy atom. The number of imide groups is 2. The number of benzene rings is 2. The van der Waals surface area contributed by atoms with Crippen LogP contribution in [0.1, 0.15) is 65.7 Å². The zero-order chi connectivity index (χ0) is 37.0. The summed E-state index contributed by atoms with van der Waals surface area (Å²) >= 11 is 0. The first-order valence-electron chi connectivity index (χ1n) is 18.5. The van der Waals surface area contributed by atoms with Crippen molar-refractivity contribution >= 4 is 40.8 Å². The van der Waals surface area contributed by atoms with Crippen LogP contribution in [0.25, 0.3) is 16.8 Å². The van der Waals surface area contributed by atoms with Crippen molar-refractivity contribution in [2.45, 2.75) is 57.5 Å². The Balaban J connectivity index is 0.837. The second kappa shape index (κ2) is 15.5. The standard InChI is InChI=1S/C39H41N9O6/c49-34-16-15-32(36(50)43-34)47-37(51)30-7-5-8-33(35(30)38(47)52)54-21-4-2-1-3-17-45-18-6-19-46-25-27(23-41-46)42-39-40-24-28-11-14-31(48(28)44-39)26-9-12-29(13-10-26)53-22-20-45/h5,7-14,23-25,32H,1-4,6,15-22H2,(H,42,44)(H,43,49,50). The maximum atomic E-state index is 13.3. The van der Waals surface area contributed by atoms with Crippen LogP contribution in [0, 0.1) is 0 Å². The van der Waals surface area contributed by atoms with Crippen molar-refractivity contribution in [3.8, 4) is 22.8 Å². The number of piperidine rings is 1. The van der Waals surface area contributed by atoms with Crippen LogP contribution in [0.15, 0.2) is 73.2 Å². The molecule has 0 aliphatic carbocycles. The molecule has 0 saturated carbocycles. The number of rotatable bonds is 9. The fourth-order valence-electron chi connectivity index (χ4n) is 7.24. The molecule has 3 aromatic heterocycles. The molecule has 9 rings (SSSR count). The molecule has 7 heterocycles. The van der Waals surface area contributed by atoms with E-state index in [9.17, 15) is 19.2 Å². The van der Waals surface area contributed by atoms with E-state index in [4.69, 9.17) is 14.6 Å². The zero-order valence-electron chi connectivity index (χ0n) is 29.8. The third-order valence-corrected chi connectivity index (χ3v) is 10.0. The van der Waals surface area contributed by atoms with E-state index in [1.807, 2.05) is 51.8 Å². The number of carbonyl (C=O) groups excluding carboxylic acids is 4. The predicted molar refractivity (Wildman–Crippen MR) is 198 cm³/mol. The lowest BCUT2D eigenvalue weighted by Gasteiger charge is -2.27. The van der Waals surface area contributed by atoms with E-state index < -0.39 is 29.7 Å². The number of fused-ring (bicyclic) bond motifs is 9. The van der Waals surface area contributed by atoms with Crippen LogP contribution in [0.5, 0.6) is 11.5 Å². The van der Waals surface area contributed by atoms with Crippen molar-refractivity contribution in [1.29, 1.82) is 0 Å². The molecule has 15 heteroatoms. The summed E-state index contributed by atoms with van der Waals surface area (Å²) in [6.45, 7) is 4.33. The van der Waals surface area contributed by atoms with E-state index in [1.54, 1.807) is 30.6 Å². The second-order valence-electron chi connectivity index (χ2n) is 13.7. The SMILES string of the molecule is O=C1CCC(N2C(=O)c3cccc(OCCCCCCN4CCCn5cc(cn5)Nc5ncc6ccc(n6n5)-c5ccc(cc5)OCC4)c3C2=O)C(=O)N1. The summed E-state index contributed by atoms with van der Waals surface area (Å²) in [5.41, 5.74) is 4.10. The summed E-state index contributed by atoms with van der Waals surface area (Å²) in [5, 5.41) is 14.8. The van der Waals surface area contributed by atoms with Crippen LogP contribution in [0.4, 0.5) is 11.6 Å². The number of amides is 4. The normalized spacial score (nSPS) is 17.9. The van der Waals surface area contributed by atoms with Gasteiger partial charge in [-0.15, -0.1) is 5.10 Å². The molecule has 2 N–H and O–H groups in total. The minimum Gasteiger partial charge on any atom is -0.493 e. The van der Waals surface area contributed by atoms with Gasteiger partial charge in [0.25, 0.3) is 11.8 Å². The molecule has 4 aliphatic heterocycles. The highest BCUT2D eigenvalue weighted by Gasteiger charge is 2.46. The summed E-state index contributed by atoms with van der Waals surface area (Å²) in [6.07, 6.45) is 10.4. The number of anilines is 2. The molecule has 278 valence electrons. The minimum absolute atomic E-state index is 0.0710. The second-order valence-corrected chi connectivity index (χ2v) is 13.7. The third-order valence-electron chi connectivity index (χ3n) is 10.0. The molecule has 1 fully saturated rings. The molecule has 5 aromatic rings. The van der Waals surface area contributed by atoms with Gasteiger partial charge in [-0.25, -0.2) is 9.50 Å². The monoisotopic (exact) mass is 731 g/mol. The molecule has 0 radical (unpaired) electrons. The molecule has 4 amide bonds. The van der Waals surface area contributed by atoms with Crippen LogP contribution in [-0.4, -0.2) is 96.7 Å². The van der Waals surface area contributed by atoms with Crippen molar-refractivity contribution in [3.63, 3.8) is 0 Å². The van der Waals surface area contributed by atoms with Gasteiger partial charge < -0.3 is 14.8 Å². The van der Waals surface area contributed by atoms with Crippen LogP contribution in [0.2, 0.25) is 0 Å². The smallest absolute Gasteiger partial charge is 0.266 e. The number of nitrogens with one attached hydrogen (secondary N) is 2. The molecule has 4 aliphatic rings. The topological polar surface area (TPSA) is 165 Å². The Morgan fingerprint density at radius 2 is 1.74 bits per heavy atom. The molecule has 54 heavy (non-hydrogen) atoms. The molecule has 6 bridgehead atoms. The summed E-state index contributed by atoms with van der Waals surface area (Å²) in [4.78, 5) is 58.4. The van der Waals surface area contributed by atoms with Crippen molar-refractivity contribution in [3.05, 3.63) is 84.3 Å². The Morgan fingerprint density at radius 3 is 2.61 bits per heavy atom. The molecule has 1 saturated heterocycles. The van der Waals surface area contributed by atoms with E-state index in [-0.39, 0.29) is 24.0 Å². The fourth-order valence-corrected chi connectivity index (χ4v) is 7.24. The molecule has 0 spiro atoms. The largest absolute Gasteiger partial charge is 0.493 e. The number of ether oxygens (including phenoxy) is 2. The van der Waals surface area contributed by atoms with Crippen LogP contribution in [-0.2, 0) is 16.1 Å². The van der Waals surface area contributed by atoms with Gasteiger partial charge in [-0.1, -0.05) is 18.9 Å². The van der Waals surface area contributed by atoms with Crippen molar-refractivity contribution in [1.82, 2.24) is 39.5 Å². The first-order valence-corrected chi connectivity index (χ1v) is 18.5. The van der Waals surface area contributed by atoms with Gasteiger partial charge in [0.2, 0.25) is 17.8 Å². The molecular formula is C39H41N9O6. The van der Waals surface area contributed by atoms with Gasteiger partial charge in [0.05, 0.1) is 47.0 Å². The van der Waals surface area contributed by atoms with Gasteiger partial charge in [-0.2, -0.15) is 5.10 Å². The lowest BCUT2D eigenvalue weighted by atomic mass is 10.0. The van der Waals surface area contributed by atoms with Gasteiger partial charge in [-0.05, 0) is 80.8 Å². The maximum absolute atomic E-state index is 13.3. The van der Waals surface area contributed by atoms with Gasteiger partial charge in [0, 0.05) is 37.8 Å². The average molecular weight is 732 g/mol. The quantitative estimate of drug-likeness (QED) is 0.162. The highest BCUT2D eigenvalue weighted by Crippen LogP contribution is 2.34. The number of hydrogen-bond acceptors (Lipinski definition) is 11. The average Bonchev–Trinajstić information content (AvgIpc) is 3.87. The molecular weight excluding hydrogens is 690 g/mol. The number of unbranched alkanes of at least 4 members (excludes halogenated alkanes) is 3. The summed E-state index contributed by atoms with van der Waals surface area (Å²) in [7, 11) is 0. The van der Waals surface area contributed by atoms with Crippen LogP contribution >= 0.6 is 0 Å². The lowest BCUT2D eigenvalue weighted by molar-refractivity contribution is -0.136. The van der Waals surface area contributed by atoms with E-state index in [0.29, 0.717) is 24.9 Å². The Labute approximate surface area is 311 Å². The van der Waals surface area contributed by atoms with Gasteiger partial charge in [0.15, 0.2) is 0 Å². The highest BCUT2D eigenvalue weighted by atomic mass is 16.5. The Hall–Kier alpha value is -6.09. The van der Waals surface area contributed by atoms with Gasteiger partial charge >= 0.3 is 0 Å². The van der Waals surface area contributed by atoms with Crippen molar-refractivity contribution in [2.75, 3.05) is 38.2 Å². The Kier molecular flexibility index (Phi) is 10.0. The number of carbonyl (C=O) groups is 4. The minimum atomic E-state index is -1.01. The van der Waals surface area contributed by atoms with Gasteiger partial charge in [-0.3, -0.25) is 39.0 Å². The first kappa shape index (κ1) is 35.0. The van der Waals surface area contributed by atoms with Gasteiger partial charge in [0.1, 0.15) is 24.1 Å². The summed E-state index contributed by atoms with van der Waals surface area (Å²) in [6, 6.07) is 16.0. The number of aromatic nitrogens is 5. The van der Waals surface area contributed by atoms with E-state index in [0.717, 1.165) is 91.4 Å². The molecule has 1 atom stereocenters. The first-order chi connectivity index (χ1) is 26.4. The number of aryl methyl sites for hydroxylation is 1. The summed E-state index contributed by atoms with van der Waals surface area (Å²) in [5.74, 6) is -0.513. The summed E-state index contributed by atoms with van der Waals surface area (Å²) < 4.78 is 16.0. The van der Waals surface area contributed by atoms with Crippen LogP contribution in [0.3, 0.4) is 0 Å². The van der Waals surface area contributed by atoms with Crippen molar-refractivity contribution < 1.29 is 28.7 Å². The highest BCUT2D eigenvalue weighted by molar-refractivity contribution is 6.24. The number of hydrogen-bond donors (Lipinski definition) is 2. The van der Waals surface area contributed by atoms with E-state index >= 15 is 0 Å². The predicted octanol–water partition coefficient (Wildman–Crippen LogP) is 4.46. The molecule has 15 nitrogen and oxygen atoms in total.